The van der Waals surface area contributed by atoms with Crippen LogP contribution in [0, 0.1) is 10.1 Å². The number of halogens is 1. The van der Waals surface area contributed by atoms with E-state index < -0.39 is 0 Å². The third kappa shape index (κ3) is 3.38. The van der Waals surface area contributed by atoms with Gasteiger partial charge in [-0.2, -0.15) is 5.10 Å². The number of nitrogens with zero attached hydrogens (tertiary/aromatic N) is 5. The molecule has 0 saturated carbocycles. The summed E-state index contributed by atoms with van der Waals surface area (Å²) in [6.45, 7) is 5.67. The van der Waals surface area contributed by atoms with Crippen LogP contribution in [0.2, 0.25) is 0 Å². The summed E-state index contributed by atoms with van der Waals surface area (Å²) in [5.41, 5.74) is 2.13. The van der Waals surface area contributed by atoms with Crippen LogP contribution < -0.4 is 4.90 Å². The van der Waals surface area contributed by atoms with Crippen molar-refractivity contribution in [3.8, 4) is 0 Å². The number of hydrazone groups is 1. The number of benzene rings is 1. The molecule has 0 radical (unpaired) electrons. The van der Waals surface area contributed by atoms with E-state index in [0.717, 1.165) is 24.2 Å². The van der Waals surface area contributed by atoms with Crippen LogP contribution in [0.4, 0.5) is 11.4 Å². The molecule has 1 aliphatic rings. The lowest BCUT2D eigenvalue weighted by atomic mass is 10.1. The van der Waals surface area contributed by atoms with Crippen molar-refractivity contribution in [2.24, 2.45) is 10.1 Å². The quantitative estimate of drug-likeness (QED) is 0.340. The molecule has 21 heavy (non-hydrogen) atoms. The molecule has 8 heteroatoms. The lowest BCUT2D eigenvalue weighted by Gasteiger charge is -2.22. The van der Waals surface area contributed by atoms with E-state index in [-0.39, 0.29) is 10.6 Å². The summed E-state index contributed by atoms with van der Waals surface area (Å²) < 4.78 is 0.528. The molecule has 0 bridgehead atoms. The highest BCUT2D eigenvalue weighted by molar-refractivity contribution is 9.10. The zero-order chi connectivity index (χ0) is 15.4. The average Bonchev–Trinajstić information content (AvgIpc) is 2.84. The molecule has 0 unspecified atom stereocenters. The number of hydrogen-bond acceptors (Lipinski definition) is 5. The highest BCUT2D eigenvalue weighted by atomic mass is 79.9. The number of nitro benzene ring substituents is 1. The minimum absolute atomic E-state index is 0.0921. The van der Waals surface area contributed by atoms with Crippen LogP contribution in [0.5, 0.6) is 0 Å². The second-order valence-corrected chi connectivity index (χ2v) is 5.46. The molecule has 0 aliphatic carbocycles. The second kappa shape index (κ2) is 6.66. The average molecular weight is 354 g/mol. The fraction of sp³-hybridized carbons (Fsp3) is 0.385. The summed E-state index contributed by atoms with van der Waals surface area (Å²) in [4.78, 5) is 16.7. The van der Waals surface area contributed by atoms with Gasteiger partial charge in [0.1, 0.15) is 6.34 Å². The minimum atomic E-state index is -0.373. The first-order valence-corrected chi connectivity index (χ1v) is 7.23. The van der Waals surface area contributed by atoms with Crippen LogP contribution in [-0.4, -0.2) is 49.7 Å². The van der Waals surface area contributed by atoms with Gasteiger partial charge < -0.3 is 4.90 Å². The van der Waals surface area contributed by atoms with Gasteiger partial charge in [-0.15, -0.1) is 0 Å². The fourth-order valence-electron chi connectivity index (χ4n) is 2.36. The van der Waals surface area contributed by atoms with Gasteiger partial charge in [0.25, 0.3) is 5.69 Å². The maximum Gasteiger partial charge on any atom is 0.285 e. The summed E-state index contributed by atoms with van der Waals surface area (Å²) in [6, 6.07) is 3.47. The van der Waals surface area contributed by atoms with Crippen LogP contribution in [0.3, 0.4) is 0 Å². The maximum atomic E-state index is 11.0. The van der Waals surface area contributed by atoms with E-state index in [1.54, 1.807) is 24.5 Å². The molecule has 0 atom stereocenters. The third-order valence-corrected chi connectivity index (χ3v) is 4.00. The lowest BCUT2D eigenvalue weighted by molar-refractivity contribution is -0.385. The van der Waals surface area contributed by atoms with Gasteiger partial charge in [0.05, 0.1) is 15.9 Å². The van der Waals surface area contributed by atoms with E-state index in [4.69, 9.17) is 0 Å². The van der Waals surface area contributed by atoms with E-state index >= 15 is 0 Å². The Bertz CT molecular complexity index is 590. The van der Waals surface area contributed by atoms with E-state index in [9.17, 15) is 10.1 Å². The molecular weight excluding hydrogens is 338 g/mol. The summed E-state index contributed by atoms with van der Waals surface area (Å²) in [5, 5.41) is 16.5. The zero-order valence-electron chi connectivity index (χ0n) is 11.7. The van der Waals surface area contributed by atoms with E-state index in [2.05, 4.69) is 37.6 Å². The summed E-state index contributed by atoms with van der Waals surface area (Å²) in [6.07, 6.45) is 2.49. The molecule has 0 aromatic heterocycles. The van der Waals surface area contributed by atoms with Gasteiger partial charge in [0.15, 0.2) is 0 Å². The van der Waals surface area contributed by atoms with Gasteiger partial charge in [-0.3, -0.25) is 20.1 Å². The smallest absolute Gasteiger partial charge is 0.285 e. The molecule has 0 fully saturated rings. The minimum Gasteiger partial charge on any atom is -0.369 e. The Morgan fingerprint density at radius 2 is 2.38 bits per heavy atom. The monoisotopic (exact) mass is 353 g/mol. The van der Waals surface area contributed by atoms with Gasteiger partial charge in [-0.1, -0.05) is 0 Å². The lowest BCUT2D eigenvalue weighted by Crippen LogP contribution is -2.31. The van der Waals surface area contributed by atoms with Crippen molar-refractivity contribution >= 4 is 40.4 Å². The SMILES string of the molecule is C=NN(C=NC)CCN1CCc2cc(Br)c([N+](=O)[O-])cc21. The Balaban J connectivity index is 2.15. The molecule has 1 aromatic carbocycles. The highest BCUT2D eigenvalue weighted by Crippen LogP contribution is 2.36. The molecule has 7 nitrogen and oxygen atoms in total. The molecule has 112 valence electrons. The number of aliphatic imine (C=N–C) groups is 1. The van der Waals surface area contributed by atoms with Crippen LogP contribution in [0.25, 0.3) is 0 Å². The van der Waals surface area contributed by atoms with Crippen molar-refractivity contribution in [1.82, 2.24) is 5.01 Å². The Labute approximate surface area is 131 Å². The number of nitro groups is 1. The Morgan fingerprint density at radius 3 is 3.00 bits per heavy atom. The normalized spacial score (nSPS) is 13.5. The molecule has 2 rings (SSSR count). The molecule has 0 saturated heterocycles. The molecule has 1 aliphatic heterocycles. The van der Waals surface area contributed by atoms with Crippen molar-refractivity contribution in [1.29, 1.82) is 0 Å². The van der Waals surface area contributed by atoms with Crippen LogP contribution in [0.1, 0.15) is 5.56 Å². The molecule has 0 amide bonds. The Kier molecular flexibility index (Phi) is 4.89. The van der Waals surface area contributed by atoms with Gasteiger partial charge in [-0.05, 0) is 34.0 Å². The van der Waals surface area contributed by atoms with Crippen molar-refractivity contribution in [3.63, 3.8) is 0 Å². The van der Waals surface area contributed by atoms with E-state index in [1.807, 2.05) is 6.07 Å². The van der Waals surface area contributed by atoms with E-state index in [1.165, 1.54) is 0 Å². The molecule has 1 aromatic rings. The first-order chi connectivity index (χ1) is 10.1. The first-order valence-electron chi connectivity index (χ1n) is 6.44. The maximum absolute atomic E-state index is 11.0. The molecule has 0 N–H and O–H groups in total. The standard InChI is InChI=1S/C13H16BrN5O2/c1-15-9-18(16-2)6-5-17-4-3-10-7-11(14)13(19(20)21)8-12(10)17/h7-9H,2-6H2,1H3. The van der Waals surface area contributed by atoms with Crippen molar-refractivity contribution in [3.05, 3.63) is 32.3 Å². The third-order valence-electron chi connectivity index (χ3n) is 3.37. The Hall–Kier alpha value is -1.96. The van der Waals surface area contributed by atoms with Gasteiger partial charge in [-0.25, -0.2) is 0 Å². The zero-order valence-corrected chi connectivity index (χ0v) is 13.3. The molecule has 1 heterocycles. The second-order valence-electron chi connectivity index (χ2n) is 4.60. The number of anilines is 1. The number of fused-ring (bicyclic) bond motifs is 1. The van der Waals surface area contributed by atoms with Gasteiger partial charge in [0.2, 0.25) is 0 Å². The van der Waals surface area contributed by atoms with Crippen molar-refractivity contribution in [2.45, 2.75) is 6.42 Å². The highest BCUT2D eigenvalue weighted by Gasteiger charge is 2.24. The summed E-state index contributed by atoms with van der Waals surface area (Å²) >= 11 is 3.26. The topological polar surface area (TPSA) is 74.3 Å². The fourth-order valence-corrected chi connectivity index (χ4v) is 2.89. The predicted molar refractivity (Wildman–Crippen MR) is 87.4 cm³/mol. The largest absolute Gasteiger partial charge is 0.369 e. The predicted octanol–water partition coefficient (Wildman–Crippen LogP) is 2.30. The molecule has 0 spiro atoms. The molecular formula is C13H16BrN5O2. The van der Waals surface area contributed by atoms with Gasteiger partial charge in [0, 0.05) is 38.6 Å². The van der Waals surface area contributed by atoms with Crippen LogP contribution >= 0.6 is 15.9 Å². The number of hydrogen-bond donors (Lipinski definition) is 0. The van der Waals surface area contributed by atoms with Crippen molar-refractivity contribution < 1.29 is 4.92 Å². The van der Waals surface area contributed by atoms with Crippen LogP contribution in [0.15, 0.2) is 26.7 Å². The van der Waals surface area contributed by atoms with E-state index in [0.29, 0.717) is 17.6 Å². The first kappa shape index (κ1) is 15.4. The Morgan fingerprint density at radius 1 is 1.62 bits per heavy atom. The van der Waals surface area contributed by atoms with Gasteiger partial charge >= 0.3 is 0 Å². The number of rotatable bonds is 6. The van der Waals surface area contributed by atoms with Crippen molar-refractivity contribution in [2.75, 3.05) is 31.6 Å². The summed E-state index contributed by atoms with van der Waals surface area (Å²) in [5.74, 6) is 0. The summed E-state index contributed by atoms with van der Waals surface area (Å²) in [7, 11) is 1.67. The van der Waals surface area contributed by atoms with Crippen LogP contribution in [-0.2, 0) is 6.42 Å².